The Balaban J connectivity index is 1.14. The van der Waals surface area contributed by atoms with E-state index in [4.69, 9.17) is 9.97 Å². The lowest BCUT2D eigenvalue weighted by Gasteiger charge is -2.28. The average molecular weight is 603 g/mol. The number of fused-ring (bicyclic) bond motifs is 4. The Kier molecular flexibility index (Phi) is 6.00. The molecule has 0 amide bonds. The van der Waals surface area contributed by atoms with E-state index < -0.39 is 0 Å². The van der Waals surface area contributed by atoms with Gasteiger partial charge in [-0.25, -0.2) is 9.97 Å². The first-order valence-corrected chi connectivity index (χ1v) is 17.4. The van der Waals surface area contributed by atoms with Crippen molar-refractivity contribution in [3.05, 3.63) is 107 Å². The zero-order chi connectivity index (χ0) is 25.1. The fraction of sp³-hybridized carbons (Fsp3) is 0.0714. The molecule has 0 radical (unpaired) electrons. The minimum absolute atomic E-state index is 0.119. The minimum Gasteiger partial charge on any atom is -0.284 e. The molecule has 8 rings (SSSR count). The van der Waals surface area contributed by atoms with E-state index in [-0.39, 0.29) is 10.7 Å². The van der Waals surface area contributed by atoms with Crippen LogP contribution in [0.1, 0.15) is 20.8 Å². The maximum atomic E-state index is 5.04. The summed E-state index contributed by atoms with van der Waals surface area (Å²) in [6.45, 7) is 0. The van der Waals surface area contributed by atoms with Gasteiger partial charge in [-0.15, -0.1) is 22.7 Å². The molecule has 0 N–H and O–H groups in total. The zero-order valence-electron chi connectivity index (χ0n) is 19.6. The van der Waals surface area contributed by atoms with Crippen LogP contribution >= 0.6 is 68.2 Å². The van der Waals surface area contributed by atoms with Crippen molar-refractivity contribution in [1.29, 1.82) is 0 Å². The SMILES string of the molecule is c1ccc2c(c1)SC(c1nc3ccccc3s1)N2SSN1c2ccccc2SC1c1nc2ccccc2s1. The normalized spacial score (nSPS) is 18.4. The molecule has 0 saturated heterocycles. The molecule has 4 nitrogen and oxygen atoms in total. The summed E-state index contributed by atoms with van der Waals surface area (Å²) in [6, 6.07) is 34.2. The van der Waals surface area contributed by atoms with Crippen molar-refractivity contribution in [2.24, 2.45) is 0 Å². The molecule has 186 valence electrons. The smallest absolute Gasteiger partial charge is 0.143 e. The summed E-state index contributed by atoms with van der Waals surface area (Å²) in [5, 5.41) is 2.52. The monoisotopic (exact) mass is 602 g/mol. The Hall–Kier alpha value is -2.34. The zero-order valence-corrected chi connectivity index (χ0v) is 24.5. The van der Waals surface area contributed by atoms with Crippen LogP contribution in [0.3, 0.4) is 0 Å². The van der Waals surface area contributed by atoms with Gasteiger partial charge in [-0.1, -0.05) is 72.1 Å². The van der Waals surface area contributed by atoms with E-state index in [2.05, 4.69) is 106 Å². The summed E-state index contributed by atoms with van der Waals surface area (Å²) >= 11 is 7.36. The largest absolute Gasteiger partial charge is 0.284 e. The number of anilines is 2. The van der Waals surface area contributed by atoms with E-state index in [0.29, 0.717) is 0 Å². The summed E-state index contributed by atoms with van der Waals surface area (Å²) < 4.78 is 7.34. The number of hydrogen-bond acceptors (Lipinski definition) is 10. The highest BCUT2D eigenvalue weighted by molar-refractivity contribution is 8.77. The van der Waals surface area contributed by atoms with Crippen molar-refractivity contribution >= 4 is 100.0 Å². The second kappa shape index (κ2) is 9.69. The molecule has 38 heavy (non-hydrogen) atoms. The molecule has 0 bridgehead atoms. The maximum absolute atomic E-state index is 5.04. The van der Waals surface area contributed by atoms with Gasteiger partial charge in [0.2, 0.25) is 0 Å². The lowest BCUT2D eigenvalue weighted by atomic mass is 10.3. The molecule has 0 fully saturated rings. The molecule has 0 saturated carbocycles. The second-order valence-electron chi connectivity index (χ2n) is 8.72. The van der Waals surface area contributed by atoms with Crippen molar-refractivity contribution < 1.29 is 0 Å². The Labute approximate surface area is 244 Å². The molecule has 0 aliphatic carbocycles. The molecule has 2 atom stereocenters. The van der Waals surface area contributed by atoms with E-state index in [9.17, 15) is 0 Å². The number of thioether (sulfide) groups is 2. The second-order valence-corrected chi connectivity index (χ2v) is 15.1. The van der Waals surface area contributed by atoms with Gasteiger partial charge < -0.3 is 0 Å². The molecule has 4 aromatic carbocycles. The van der Waals surface area contributed by atoms with Gasteiger partial charge in [-0.3, -0.25) is 8.61 Å². The fourth-order valence-electron chi connectivity index (χ4n) is 4.59. The van der Waals surface area contributed by atoms with Crippen LogP contribution in [0.2, 0.25) is 0 Å². The molecule has 2 aliphatic heterocycles. The van der Waals surface area contributed by atoms with Crippen LogP contribution in [-0.2, 0) is 0 Å². The molecule has 4 heterocycles. The molecule has 2 aliphatic rings. The summed E-state index contributed by atoms with van der Waals surface area (Å²) in [7, 11) is 3.58. The van der Waals surface area contributed by atoms with Gasteiger partial charge >= 0.3 is 0 Å². The number of thiazole rings is 2. The number of hydrogen-bond donors (Lipinski definition) is 0. The Bertz CT molecular complexity index is 1600. The lowest BCUT2D eigenvalue weighted by Crippen LogP contribution is -2.18. The van der Waals surface area contributed by atoms with Crippen LogP contribution in [0.4, 0.5) is 11.4 Å². The first-order valence-electron chi connectivity index (χ1n) is 12.0. The van der Waals surface area contributed by atoms with Gasteiger partial charge in [-0.2, -0.15) is 0 Å². The highest BCUT2D eigenvalue weighted by Gasteiger charge is 2.38. The van der Waals surface area contributed by atoms with Crippen LogP contribution in [0.15, 0.2) is 107 Å². The number of benzene rings is 4. The van der Waals surface area contributed by atoms with Crippen molar-refractivity contribution in [3.63, 3.8) is 0 Å². The van der Waals surface area contributed by atoms with Gasteiger partial charge in [0.25, 0.3) is 0 Å². The molecule has 0 spiro atoms. The van der Waals surface area contributed by atoms with Crippen molar-refractivity contribution in [1.82, 2.24) is 9.97 Å². The van der Waals surface area contributed by atoms with Crippen molar-refractivity contribution in [3.8, 4) is 0 Å². The van der Waals surface area contributed by atoms with Crippen LogP contribution in [0.25, 0.3) is 20.4 Å². The van der Waals surface area contributed by atoms with Crippen molar-refractivity contribution in [2.45, 2.75) is 20.5 Å². The van der Waals surface area contributed by atoms with Crippen LogP contribution in [0, 0.1) is 0 Å². The maximum Gasteiger partial charge on any atom is 0.143 e. The van der Waals surface area contributed by atoms with Crippen molar-refractivity contribution in [2.75, 3.05) is 8.61 Å². The quantitative estimate of drug-likeness (QED) is 0.142. The van der Waals surface area contributed by atoms with E-state index >= 15 is 0 Å². The third-order valence-corrected chi connectivity index (χ3v) is 14.0. The summed E-state index contributed by atoms with van der Waals surface area (Å²) in [5.74, 6) is 0. The Morgan fingerprint density at radius 1 is 0.526 bits per heavy atom. The predicted octanol–water partition coefficient (Wildman–Crippen LogP) is 10.0. The van der Waals surface area contributed by atoms with E-state index in [1.54, 1.807) is 44.6 Å². The molecule has 10 heteroatoms. The lowest BCUT2D eigenvalue weighted by molar-refractivity contribution is 1.02. The minimum atomic E-state index is 0.119. The highest BCUT2D eigenvalue weighted by atomic mass is 33.1. The van der Waals surface area contributed by atoms with Crippen LogP contribution < -0.4 is 8.61 Å². The molecule has 6 aromatic rings. The van der Waals surface area contributed by atoms with E-state index in [0.717, 1.165) is 21.0 Å². The van der Waals surface area contributed by atoms with E-state index in [1.165, 1.54) is 30.6 Å². The van der Waals surface area contributed by atoms with Gasteiger partial charge in [0.05, 0.1) is 31.8 Å². The third kappa shape index (κ3) is 4.01. The Morgan fingerprint density at radius 3 is 1.42 bits per heavy atom. The van der Waals surface area contributed by atoms with Gasteiger partial charge in [0, 0.05) is 31.8 Å². The van der Waals surface area contributed by atoms with Gasteiger partial charge in [0.15, 0.2) is 0 Å². The topological polar surface area (TPSA) is 32.3 Å². The molecule has 2 unspecified atom stereocenters. The van der Waals surface area contributed by atoms with E-state index in [1.807, 2.05) is 23.5 Å². The standard InChI is InChI=1S/C28H18N4S6/c1-5-13-21-17(9-1)29-25(33-21)27-31(19-11-3-7-15-23(19)35-27)37-38-32-20-12-4-8-16-24(20)36-28(32)26-30-18-10-2-6-14-22(18)34-26/h1-16,27-28H. The Morgan fingerprint density at radius 2 is 0.947 bits per heavy atom. The highest BCUT2D eigenvalue weighted by Crippen LogP contribution is 2.61. The number of para-hydroxylation sites is 4. The average Bonchev–Trinajstić information content (AvgIpc) is 3.73. The van der Waals surface area contributed by atoms with Crippen LogP contribution in [-0.4, -0.2) is 9.97 Å². The molecular formula is C28H18N4S6. The first kappa shape index (κ1) is 23.5. The summed E-state index contributed by atoms with van der Waals surface area (Å²) in [5.41, 5.74) is 4.64. The number of rotatable bonds is 5. The predicted molar refractivity (Wildman–Crippen MR) is 169 cm³/mol. The third-order valence-electron chi connectivity index (χ3n) is 6.35. The fourth-order valence-corrected chi connectivity index (χ4v) is 12.6. The first-order chi connectivity index (χ1) is 18.8. The van der Waals surface area contributed by atoms with Crippen LogP contribution in [0.5, 0.6) is 0 Å². The number of nitrogens with zero attached hydrogens (tertiary/aromatic N) is 4. The summed E-state index contributed by atoms with van der Waals surface area (Å²) in [4.78, 5) is 12.7. The molecular weight excluding hydrogens is 585 g/mol. The van der Waals surface area contributed by atoms with Gasteiger partial charge in [-0.05, 0) is 48.5 Å². The number of aromatic nitrogens is 2. The molecule has 2 aromatic heterocycles. The summed E-state index contributed by atoms with van der Waals surface area (Å²) in [6.07, 6.45) is 0. The van der Waals surface area contributed by atoms with Gasteiger partial charge in [0.1, 0.15) is 20.8 Å².